The molecule has 0 aromatic carbocycles. The van der Waals surface area contributed by atoms with Crippen molar-refractivity contribution in [2.45, 2.75) is 0 Å². The number of hydrogen-bond donors (Lipinski definition) is 0. The Hall–Kier alpha value is 1.47. The number of rotatable bonds is 0. The molecule has 5 heavy (non-hydrogen) atoms. The van der Waals surface area contributed by atoms with Gasteiger partial charge in [0.1, 0.15) is 0 Å². The second-order valence-corrected chi connectivity index (χ2v) is 1.93. The van der Waals surface area contributed by atoms with E-state index in [0.29, 0.717) is 0 Å². The Morgan fingerprint density at radius 3 is 1.00 bits per heavy atom. The summed E-state index contributed by atoms with van der Waals surface area (Å²) in [7, 11) is 0. The van der Waals surface area contributed by atoms with E-state index in [4.69, 9.17) is 34.8 Å². The molecule has 1 radical (unpaired) electrons. The molecule has 0 heterocycles. The van der Waals surface area contributed by atoms with Gasteiger partial charge in [-0.15, -0.1) is 0 Å². The molecule has 0 saturated heterocycles. The predicted octanol–water partition coefficient (Wildman–Crippen LogP) is 1.50. The van der Waals surface area contributed by atoms with Crippen molar-refractivity contribution >= 4 is 53.7 Å². The molecule has 0 aromatic heterocycles. The molecule has 0 aliphatic rings. The summed E-state index contributed by atoms with van der Waals surface area (Å²) >= 11 is 14.2. The van der Waals surface area contributed by atoms with E-state index in [2.05, 4.69) is 0 Å². The molecule has 0 amide bonds. The summed E-state index contributed by atoms with van der Waals surface area (Å²) in [5.41, 5.74) is 0. The van der Waals surface area contributed by atoms with Gasteiger partial charge < -0.3 is 0 Å². The third-order valence-electron chi connectivity index (χ3n) is 0. The minimum atomic E-state index is -0.167. The van der Waals surface area contributed by atoms with Crippen molar-refractivity contribution in [3.05, 3.63) is 4.30 Å². The Morgan fingerprint density at radius 1 is 1.00 bits per heavy atom. The van der Waals surface area contributed by atoms with E-state index in [0.717, 1.165) is 0 Å². The normalized spacial score (nSPS) is 7.20. The zero-order chi connectivity index (χ0) is 3.58. The number of hydrogen-bond acceptors (Lipinski definition) is 0. The molecule has 0 N–H and O–H groups in total. The Balaban J connectivity index is 0. The fourth-order valence-corrected chi connectivity index (χ4v) is 0. The maximum atomic E-state index is 4.72. The average Bonchev–Trinajstić information content (AvgIpc) is 0.811. The third kappa shape index (κ3) is 30.5. The van der Waals surface area contributed by atoms with Crippen LogP contribution in [-0.2, 0) is 0 Å². The molecule has 0 nitrogen and oxygen atoms in total. The van der Waals surface area contributed by atoms with Gasteiger partial charge in [0.15, 0.2) is 0 Å². The van der Waals surface area contributed by atoms with Crippen LogP contribution in [0.4, 0.5) is 0 Å². The van der Waals surface area contributed by atoms with Gasteiger partial charge in [-0.1, -0.05) is 34.8 Å². The topological polar surface area (TPSA) is 0 Å². The van der Waals surface area contributed by atoms with E-state index < -0.39 is 0 Å². The van der Waals surface area contributed by atoms with Gasteiger partial charge in [-0.25, -0.2) is 0 Å². The molecule has 0 aliphatic heterocycles. The zero-order valence-electron chi connectivity index (χ0n) is 1.63. The SMILES string of the molecule is Cl[C](Cl)Cl.[LiH]. The van der Waals surface area contributed by atoms with E-state index in [1.807, 2.05) is 0 Å². The van der Waals surface area contributed by atoms with Gasteiger partial charge in [0.25, 0.3) is 0 Å². The molecule has 4 heteroatoms. The molecule has 0 bridgehead atoms. The molecular weight excluding hydrogens is 125 g/mol. The van der Waals surface area contributed by atoms with E-state index in [1.165, 1.54) is 0 Å². The second kappa shape index (κ2) is 5.47. The molecule has 27 valence electrons. The summed E-state index contributed by atoms with van der Waals surface area (Å²) in [5, 5.41) is 0. The molecule has 0 aromatic rings. The van der Waals surface area contributed by atoms with E-state index in [9.17, 15) is 0 Å². The van der Waals surface area contributed by atoms with Crippen LogP contribution in [0.15, 0.2) is 0 Å². The average molecular weight is 126 g/mol. The fourth-order valence-electron chi connectivity index (χ4n) is 0. The van der Waals surface area contributed by atoms with E-state index in [1.54, 1.807) is 0 Å². The minimum absolute atomic E-state index is 0. The van der Waals surface area contributed by atoms with Crippen LogP contribution in [0, 0.1) is 4.30 Å². The van der Waals surface area contributed by atoms with E-state index in [-0.39, 0.29) is 23.2 Å². The summed E-state index contributed by atoms with van der Waals surface area (Å²) in [4.78, 5) is 0. The maximum absolute atomic E-state index is 4.72. The van der Waals surface area contributed by atoms with Gasteiger partial charge in [-0.05, 0) is 0 Å². The summed E-state index contributed by atoms with van der Waals surface area (Å²) in [6.07, 6.45) is 0. The molecule has 0 atom stereocenters. The van der Waals surface area contributed by atoms with Crippen LogP contribution < -0.4 is 0 Å². The molecule has 0 fully saturated rings. The van der Waals surface area contributed by atoms with Gasteiger partial charge in [0, 0.05) is 0 Å². The quantitative estimate of drug-likeness (QED) is 0.432. The predicted molar refractivity (Wildman–Crippen MR) is 28.0 cm³/mol. The Labute approximate surface area is 57.9 Å². The first-order valence-corrected chi connectivity index (χ1v) is 1.70. The van der Waals surface area contributed by atoms with Crippen LogP contribution in [0.25, 0.3) is 0 Å². The van der Waals surface area contributed by atoms with Crippen molar-refractivity contribution in [3.63, 3.8) is 0 Å². The molecule has 0 rings (SSSR count). The first-order valence-electron chi connectivity index (χ1n) is 0.567. The van der Waals surface area contributed by atoms with Crippen LogP contribution in [0.2, 0.25) is 0 Å². The van der Waals surface area contributed by atoms with E-state index >= 15 is 0 Å². The first kappa shape index (κ1) is 9.69. The van der Waals surface area contributed by atoms with Crippen molar-refractivity contribution < 1.29 is 0 Å². The van der Waals surface area contributed by atoms with Crippen molar-refractivity contribution in [2.75, 3.05) is 0 Å². The summed E-state index contributed by atoms with van der Waals surface area (Å²) in [6.45, 7) is 0. The molecule has 0 saturated carbocycles. The standard InChI is InChI=1S/CCl3.Li.H/c2-1(3)4;;. The first-order chi connectivity index (χ1) is 1.73. The van der Waals surface area contributed by atoms with Crippen LogP contribution in [0.5, 0.6) is 0 Å². The third-order valence-corrected chi connectivity index (χ3v) is 0. The molecule has 0 aliphatic carbocycles. The monoisotopic (exact) mass is 125 g/mol. The molecular formula is CHCl3Li. The van der Waals surface area contributed by atoms with Gasteiger partial charge in [0.2, 0.25) is 4.30 Å². The fraction of sp³-hybridized carbons (Fsp3) is 0. The van der Waals surface area contributed by atoms with Crippen molar-refractivity contribution in [2.24, 2.45) is 0 Å². The van der Waals surface area contributed by atoms with Gasteiger partial charge in [0.05, 0.1) is 0 Å². The Morgan fingerprint density at radius 2 is 1.00 bits per heavy atom. The van der Waals surface area contributed by atoms with Crippen LogP contribution in [0.1, 0.15) is 0 Å². The number of halogens is 3. The summed E-state index contributed by atoms with van der Waals surface area (Å²) in [5.74, 6) is 0. The van der Waals surface area contributed by atoms with Crippen molar-refractivity contribution in [1.82, 2.24) is 0 Å². The van der Waals surface area contributed by atoms with Crippen LogP contribution in [-0.4, -0.2) is 18.9 Å². The van der Waals surface area contributed by atoms with Crippen molar-refractivity contribution in [1.29, 1.82) is 0 Å². The van der Waals surface area contributed by atoms with Crippen LogP contribution in [0.3, 0.4) is 0 Å². The molecule has 0 unspecified atom stereocenters. The molecule has 0 spiro atoms. The Bertz CT molecular complexity index is 11.6. The van der Waals surface area contributed by atoms with Gasteiger partial charge in [-0.3, -0.25) is 0 Å². The summed E-state index contributed by atoms with van der Waals surface area (Å²) < 4.78 is -0.167. The van der Waals surface area contributed by atoms with Gasteiger partial charge >= 0.3 is 18.9 Å². The van der Waals surface area contributed by atoms with Crippen molar-refractivity contribution in [3.8, 4) is 0 Å². The second-order valence-electron chi connectivity index (χ2n) is 0.214. The summed E-state index contributed by atoms with van der Waals surface area (Å²) in [6, 6.07) is 0. The Kier molecular flexibility index (Phi) is 10.6. The zero-order valence-corrected chi connectivity index (χ0v) is 3.90. The van der Waals surface area contributed by atoms with Gasteiger partial charge in [-0.2, -0.15) is 0 Å². The van der Waals surface area contributed by atoms with Crippen LogP contribution >= 0.6 is 34.8 Å².